The van der Waals surface area contributed by atoms with Crippen molar-refractivity contribution in [1.82, 2.24) is 5.32 Å². The van der Waals surface area contributed by atoms with Crippen LogP contribution in [0.2, 0.25) is 5.02 Å². The van der Waals surface area contributed by atoms with Crippen LogP contribution in [0.15, 0.2) is 30.9 Å². The second-order valence-corrected chi connectivity index (χ2v) is 4.39. The Hall–Kier alpha value is -0.790. The minimum absolute atomic E-state index is 0.402. The Morgan fingerprint density at radius 2 is 2.25 bits per heavy atom. The van der Waals surface area contributed by atoms with E-state index in [2.05, 4.69) is 31.0 Å². The summed E-state index contributed by atoms with van der Waals surface area (Å²) < 4.78 is 0. The summed E-state index contributed by atoms with van der Waals surface area (Å²) in [4.78, 5) is 0. The summed E-state index contributed by atoms with van der Waals surface area (Å²) in [6, 6.07) is 6.65. The van der Waals surface area contributed by atoms with E-state index in [0.717, 1.165) is 30.0 Å². The third kappa shape index (κ3) is 3.66. The Bertz CT molecular complexity index is 347. The van der Waals surface area contributed by atoms with Crippen molar-refractivity contribution >= 4 is 11.6 Å². The van der Waals surface area contributed by atoms with Crippen LogP contribution < -0.4 is 5.32 Å². The Morgan fingerprint density at radius 3 is 2.81 bits per heavy atom. The Balaban J connectivity index is 2.82. The molecule has 0 saturated heterocycles. The van der Waals surface area contributed by atoms with Crippen LogP contribution in [0.5, 0.6) is 0 Å². The van der Waals surface area contributed by atoms with Crippen LogP contribution >= 0.6 is 11.6 Å². The van der Waals surface area contributed by atoms with Crippen molar-refractivity contribution in [2.45, 2.75) is 32.7 Å². The molecule has 0 aliphatic heterocycles. The summed E-state index contributed by atoms with van der Waals surface area (Å²) in [6.07, 6.45) is 4.07. The van der Waals surface area contributed by atoms with Gasteiger partial charge in [0.1, 0.15) is 0 Å². The number of benzene rings is 1. The number of hydrogen-bond acceptors (Lipinski definition) is 1. The molecule has 0 aromatic heterocycles. The summed E-state index contributed by atoms with van der Waals surface area (Å²) in [5.41, 5.74) is 2.45. The Kier molecular flexibility index (Phi) is 5.58. The van der Waals surface area contributed by atoms with Gasteiger partial charge in [0.25, 0.3) is 0 Å². The SMILES string of the molecule is C=CCCC(NCC)c1ccc(Cl)c(C)c1. The van der Waals surface area contributed by atoms with E-state index in [-0.39, 0.29) is 0 Å². The quantitative estimate of drug-likeness (QED) is 0.729. The van der Waals surface area contributed by atoms with Gasteiger partial charge in [-0.2, -0.15) is 0 Å². The fourth-order valence-electron chi connectivity index (χ4n) is 1.80. The lowest BCUT2D eigenvalue weighted by atomic mass is 10.00. The van der Waals surface area contributed by atoms with Gasteiger partial charge in [0.05, 0.1) is 0 Å². The predicted octanol–water partition coefficient (Wildman–Crippen LogP) is 4.27. The Morgan fingerprint density at radius 1 is 1.50 bits per heavy atom. The van der Waals surface area contributed by atoms with Crippen LogP contribution in [0, 0.1) is 6.92 Å². The summed E-state index contributed by atoms with van der Waals surface area (Å²) >= 11 is 6.03. The summed E-state index contributed by atoms with van der Waals surface area (Å²) in [6.45, 7) is 8.92. The van der Waals surface area contributed by atoms with Gasteiger partial charge in [-0.25, -0.2) is 0 Å². The van der Waals surface area contributed by atoms with Gasteiger partial charge in [0.2, 0.25) is 0 Å². The zero-order chi connectivity index (χ0) is 12.0. The largest absolute Gasteiger partial charge is 0.310 e. The van der Waals surface area contributed by atoms with Crippen molar-refractivity contribution in [3.8, 4) is 0 Å². The molecule has 0 saturated carbocycles. The first-order valence-electron chi connectivity index (χ1n) is 5.79. The molecule has 0 aliphatic carbocycles. The van der Waals surface area contributed by atoms with E-state index in [1.54, 1.807) is 0 Å². The summed E-state index contributed by atoms with van der Waals surface area (Å²) in [7, 11) is 0. The van der Waals surface area contributed by atoms with Gasteiger partial charge in [-0.05, 0) is 43.5 Å². The lowest BCUT2D eigenvalue weighted by Gasteiger charge is -2.18. The van der Waals surface area contributed by atoms with E-state index in [4.69, 9.17) is 11.6 Å². The second-order valence-electron chi connectivity index (χ2n) is 3.98. The van der Waals surface area contributed by atoms with E-state index < -0.39 is 0 Å². The molecule has 0 radical (unpaired) electrons. The fourth-order valence-corrected chi connectivity index (χ4v) is 1.92. The fraction of sp³-hybridized carbons (Fsp3) is 0.429. The number of halogens is 1. The van der Waals surface area contributed by atoms with Crippen molar-refractivity contribution in [3.63, 3.8) is 0 Å². The lowest BCUT2D eigenvalue weighted by molar-refractivity contribution is 0.519. The molecule has 0 fully saturated rings. The van der Waals surface area contributed by atoms with E-state index in [9.17, 15) is 0 Å². The van der Waals surface area contributed by atoms with Gasteiger partial charge in [-0.15, -0.1) is 6.58 Å². The highest BCUT2D eigenvalue weighted by Gasteiger charge is 2.09. The highest BCUT2D eigenvalue weighted by atomic mass is 35.5. The maximum atomic E-state index is 6.03. The highest BCUT2D eigenvalue weighted by Crippen LogP contribution is 2.23. The third-order valence-electron chi connectivity index (χ3n) is 2.69. The zero-order valence-corrected chi connectivity index (χ0v) is 10.8. The molecule has 1 aromatic carbocycles. The van der Waals surface area contributed by atoms with Crippen LogP contribution in [0.4, 0.5) is 0 Å². The molecule has 0 aliphatic rings. The molecule has 1 unspecified atom stereocenters. The molecule has 1 aromatic rings. The number of allylic oxidation sites excluding steroid dienone is 1. The molecule has 1 atom stereocenters. The molecule has 1 N–H and O–H groups in total. The topological polar surface area (TPSA) is 12.0 Å². The predicted molar refractivity (Wildman–Crippen MR) is 72.0 cm³/mol. The lowest BCUT2D eigenvalue weighted by Crippen LogP contribution is -2.20. The van der Waals surface area contributed by atoms with Crippen molar-refractivity contribution in [1.29, 1.82) is 0 Å². The van der Waals surface area contributed by atoms with E-state index >= 15 is 0 Å². The van der Waals surface area contributed by atoms with Crippen molar-refractivity contribution in [2.75, 3.05) is 6.54 Å². The van der Waals surface area contributed by atoms with Gasteiger partial charge in [-0.3, -0.25) is 0 Å². The van der Waals surface area contributed by atoms with Gasteiger partial charge in [-0.1, -0.05) is 36.7 Å². The molecular weight excluding hydrogens is 218 g/mol. The average Bonchev–Trinajstić information content (AvgIpc) is 2.28. The van der Waals surface area contributed by atoms with Crippen LogP contribution in [0.25, 0.3) is 0 Å². The van der Waals surface area contributed by atoms with Crippen LogP contribution in [0.3, 0.4) is 0 Å². The van der Waals surface area contributed by atoms with Crippen molar-refractivity contribution in [2.24, 2.45) is 0 Å². The minimum atomic E-state index is 0.402. The first kappa shape index (κ1) is 13.3. The van der Waals surface area contributed by atoms with Gasteiger partial charge in [0.15, 0.2) is 0 Å². The highest BCUT2D eigenvalue weighted by molar-refractivity contribution is 6.31. The number of nitrogens with one attached hydrogen (secondary N) is 1. The van der Waals surface area contributed by atoms with E-state index in [1.807, 2.05) is 19.1 Å². The molecule has 0 bridgehead atoms. The van der Waals surface area contributed by atoms with Crippen molar-refractivity contribution < 1.29 is 0 Å². The zero-order valence-electron chi connectivity index (χ0n) is 10.1. The maximum Gasteiger partial charge on any atom is 0.0435 e. The molecule has 0 spiro atoms. The molecule has 0 amide bonds. The van der Waals surface area contributed by atoms with Gasteiger partial charge in [0, 0.05) is 11.1 Å². The maximum absolute atomic E-state index is 6.03. The number of rotatable bonds is 6. The smallest absolute Gasteiger partial charge is 0.0435 e. The van der Waals surface area contributed by atoms with Gasteiger partial charge >= 0.3 is 0 Å². The second kappa shape index (κ2) is 6.72. The molecule has 2 heteroatoms. The van der Waals surface area contributed by atoms with E-state index in [1.165, 1.54) is 5.56 Å². The first-order chi connectivity index (χ1) is 7.69. The molecule has 0 heterocycles. The monoisotopic (exact) mass is 237 g/mol. The van der Waals surface area contributed by atoms with Gasteiger partial charge < -0.3 is 5.32 Å². The minimum Gasteiger partial charge on any atom is -0.310 e. The number of aryl methyl sites for hydroxylation is 1. The third-order valence-corrected chi connectivity index (χ3v) is 3.12. The van der Waals surface area contributed by atoms with E-state index in [0.29, 0.717) is 6.04 Å². The molecule has 1 nitrogen and oxygen atoms in total. The van der Waals surface area contributed by atoms with Crippen LogP contribution in [0.1, 0.15) is 36.9 Å². The number of hydrogen-bond donors (Lipinski definition) is 1. The standard InChI is InChI=1S/C14H20ClN/c1-4-6-7-14(16-5-2)12-8-9-13(15)11(3)10-12/h4,8-10,14,16H,1,5-7H2,2-3H3. The summed E-state index contributed by atoms with van der Waals surface area (Å²) in [5.74, 6) is 0. The summed E-state index contributed by atoms with van der Waals surface area (Å²) in [5, 5.41) is 4.33. The molecule has 16 heavy (non-hydrogen) atoms. The first-order valence-corrected chi connectivity index (χ1v) is 6.17. The molecule has 88 valence electrons. The normalized spacial score (nSPS) is 12.4. The Labute approximate surface area is 104 Å². The van der Waals surface area contributed by atoms with Crippen LogP contribution in [-0.4, -0.2) is 6.54 Å². The average molecular weight is 238 g/mol. The molecule has 1 rings (SSSR count). The van der Waals surface area contributed by atoms with Crippen molar-refractivity contribution in [3.05, 3.63) is 47.0 Å². The molecular formula is C14H20ClN. The van der Waals surface area contributed by atoms with Crippen LogP contribution in [-0.2, 0) is 0 Å².